The third-order valence-electron chi connectivity index (χ3n) is 3.45. The van der Waals surface area contributed by atoms with Gasteiger partial charge in [0, 0.05) is 26.7 Å². The van der Waals surface area contributed by atoms with Crippen LogP contribution in [0, 0.1) is 0 Å². The van der Waals surface area contributed by atoms with Gasteiger partial charge in [0.1, 0.15) is 6.04 Å². The van der Waals surface area contributed by atoms with Crippen molar-refractivity contribution in [2.45, 2.75) is 12.6 Å². The van der Waals surface area contributed by atoms with Crippen LogP contribution < -0.4 is 10.6 Å². The molecule has 1 saturated heterocycles. The monoisotopic (exact) mass is 307 g/mol. The van der Waals surface area contributed by atoms with E-state index in [0.29, 0.717) is 24.8 Å². The summed E-state index contributed by atoms with van der Waals surface area (Å²) in [5, 5.41) is 11.9. The third kappa shape index (κ3) is 3.12. The first-order chi connectivity index (χ1) is 10.3. The molecule has 2 N–H and O–H groups in total. The molecule has 1 fully saturated rings. The Balaban J connectivity index is 1.71. The fraction of sp³-hybridized carbons (Fsp3) is 0.462. The van der Waals surface area contributed by atoms with Crippen LogP contribution in [0.2, 0.25) is 0 Å². The number of nitrogens with zero attached hydrogens (tertiary/aromatic N) is 3. The van der Waals surface area contributed by atoms with Crippen LogP contribution in [0.5, 0.6) is 0 Å². The van der Waals surface area contributed by atoms with Crippen molar-refractivity contribution >= 4 is 17.2 Å². The molecule has 0 radical (unpaired) electrons. The zero-order valence-corrected chi connectivity index (χ0v) is 12.5. The summed E-state index contributed by atoms with van der Waals surface area (Å²) in [7, 11) is 1.65. The van der Waals surface area contributed by atoms with Crippen LogP contribution in [0.15, 0.2) is 22.0 Å². The predicted molar refractivity (Wildman–Crippen MR) is 78.7 cm³/mol. The quantitative estimate of drug-likeness (QED) is 0.846. The number of carbonyl (C=O) groups excluding carboxylic acids is 1. The van der Waals surface area contributed by atoms with Gasteiger partial charge in [-0.2, -0.15) is 4.98 Å². The van der Waals surface area contributed by atoms with Crippen molar-refractivity contribution in [1.29, 1.82) is 0 Å². The van der Waals surface area contributed by atoms with E-state index in [9.17, 15) is 4.79 Å². The van der Waals surface area contributed by atoms with Gasteiger partial charge in [0.25, 0.3) is 0 Å². The fourth-order valence-corrected chi connectivity index (χ4v) is 3.01. The Morgan fingerprint density at radius 2 is 2.57 bits per heavy atom. The zero-order valence-electron chi connectivity index (χ0n) is 11.7. The lowest BCUT2D eigenvalue weighted by atomic mass is 10.2. The summed E-state index contributed by atoms with van der Waals surface area (Å²) in [6, 6.07) is 3.70. The minimum Gasteiger partial charge on any atom is -0.358 e. The Bertz CT molecular complexity index is 597. The molecule has 8 heteroatoms. The maximum absolute atomic E-state index is 11.9. The Kier molecular flexibility index (Phi) is 4.28. The molecule has 1 aliphatic heterocycles. The summed E-state index contributed by atoms with van der Waals surface area (Å²) >= 11 is 1.57. The molecule has 112 valence electrons. The maximum Gasteiger partial charge on any atom is 0.241 e. The highest BCUT2D eigenvalue weighted by Gasteiger charge is 2.29. The number of aromatic nitrogens is 2. The Labute approximate surface area is 126 Å². The summed E-state index contributed by atoms with van der Waals surface area (Å²) in [5.74, 6) is 1.14. The van der Waals surface area contributed by atoms with Crippen molar-refractivity contribution in [3.63, 3.8) is 0 Å². The van der Waals surface area contributed by atoms with E-state index in [1.165, 1.54) is 0 Å². The first-order valence-corrected chi connectivity index (χ1v) is 7.68. The molecule has 0 aliphatic carbocycles. The lowest BCUT2D eigenvalue weighted by Gasteiger charge is -2.33. The van der Waals surface area contributed by atoms with E-state index in [1.807, 2.05) is 17.5 Å². The smallest absolute Gasteiger partial charge is 0.241 e. The van der Waals surface area contributed by atoms with Gasteiger partial charge in [-0.15, -0.1) is 11.3 Å². The van der Waals surface area contributed by atoms with Gasteiger partial charge in [-0.3, -0.25) is 9.69 Å². The van der Waals surface area contributed by atoms with Gasteiger partial charge in [-0.1, -0.05) is 11.2 Å². The number of hydrogen-bond acceptors (Lipinski definition) is 7. The molecule has 1 aliphatic rings. The number of likely N-dealkylation sites (N-methyl/N-ethyl adjacent to an activating group) is 1. The third-order valence-corrected chi connectivity index (χ3v) is 4.32. The number of rotatable bonds is 4. The summed E-state index contributed by atoms with van der Waals surface area (Å²) in [6.07, 6.45) is 0. The second-order valence-corrected chi connectivity index (χ2v) is 5.74. The van der Waals surface area contributed by atoms with Gasteiger partial charge >= 0.3 is 0 Å². The molecule has 0 aromatic carbocycles. The molecular weight excluding hydrogens is 290 g/mol. The number of hydrogen-bond donors (Lipinski definition) is 2. The fourth-order valence-electron chi connectivity index (χ4n) is 2.36. The van der Waals surface area contributed by atoms with E-state index in [1.54, 1.807) is 18.4 Å². The van der Waals surface area contributed by atoms with Crippen LogP contribution in [0.4, 0.5) is 0 Å². The lowest BCUT2D eigenvalue weighted by Crippen LogP contribution is -2.56. The molecule has 3 heterocycles. The minimum atomic E-state index is -0.208. The number of amides is 1. The topological polar surface area (TPSA) is 83.3 Å². The summed E-state index contributed by atoms with van der Waals surface area (Å²) < 4.78 is 5.30. The molecule has 1 amide bonds. The molecule has 0 bridgehead atoms. The van der Waals surface area contributed by atoms with Crippen LogP contribution in [0.3, 0.4) is 0 Å². The van der Waals surface area contributed by atoms with Crippen molar-refractivity contribution < 1.29 is 9.32 Å². The van der Waals surface area contributed by atoms with E-state index in [4.69, 9.17) is 4.52 Å². The zero-order chi connectivity index (χ0) is 14.7. The number of carbonyl (C=O) groups is 1. The second kappa shape index (κ2) is 6.33. The Hall–Kier alpha value is -1.77. The van der Waals surface area contributed by atoms with Crippen molar-refractivity contribution in [2.75, 3.05) is 26.7 Å². The first kappa shape index (κ1) is 14.2. The van der Waals surface area contributed by atoms with Crippen LogP contribution in [0.1, 0.15) is 5.89 Å². The second-order valence-electron chi connectivity index (χ2n) is 4.79. The number of thiophene rings is 1. The molecule has 2 aromatic rings. The molecule has 0 saturated carbocycles. The Morgan fingerprint density at radius 3 is 3.33 bits per heavy atom. The summed E-state index contributed by atoms with van der Waals surface area (Å²) in [4.78, 5) is 19.3. The van der Waals surface area contributed by atoms with Crippen molar-refractivity contribution in [3.05, 3.63) is 23.4 Å². The van der Waals surface area contributed by atoms with Crippen molar-refractivity contribution in [3.8, 4) is 10.7 Å². The van der Waals surface area contributed by atoms with Crippen molar-refractivity contribution in [2.24, 2.45) is 0 Å². The van der Waals surface area contributed by atoms with Crippen LogP contribution in [0.25, 0.3) is 10.7 Å². The molecule has 1 atom stereocenters. The predicted octanol–water partition coefficient (Wildman–Crippen LogP) is 0.318. The van der Waals surface area contributed by atoms with Gasteiger partial charge < -0.3 is 15.2 Å². The van der Waals surface area contributed by atoms with E-state index < -0.39 is 0 Å². The van der Waals surface area contributed by atoms with Gasteiger partial charge in [-0.05, 0) is 11.4 Å². The van der Waals surface area contributed by atoms with E-state index in [2.05, 4.69) is 25.7 Å². The average molecular weight is 307 g/mol. The molecular formula is C13H17N5O2S. The minimum absolute atomic E-state index is 0.000181. The van der Waals surface area contributed by atoms with Crippen LogP contribution in [-0.4, -0.2) is 53.7 Å². The van der Waals surface area contributed by atoms with Gasteiger partial charge in [-0.25, -0.2) is 0 Å². The molecule has 3 rings (SSSR count). The largest absolute Gasteiger partial charge is 0.358 e. The molecule has 21 heavy (non-hydrogen) atoms. The number of nitrogens with one attached hydrogen (secondary N) is 2. The Morgan fingerprint density at radius 1 is 1.67 bits per heavy atom. The normalized spacial score (nSPS) is 19.6. The van der Waals surface area contributed by atoms with Crippen LogP contribution in [-0.2, 0) is 11.3 Å². The lowest BCUT2D eigenvalue weighted by molar-refractivity contribution is -0.126. The van der Waals surface area contributed by atoms with Gasteiger partial charge in [0.15, 0.2) is 0 Å². The van der Waals surface area contributed by atoms with E-state index in [0.717, 1.165) is 18.0 Å². The van der Waals surface area contributed by atoms with Crippen molar-refractivity contribution in [1.82, 2.24) is 25.7 Å². The summed E-state index contributed by atoms with van der Waals surface area (Å²) in [6.45, 7) is 2.73. The van der Waals surface area contributed by atoms with E-state index >= 15 is 0 Å². The molecule has 1 unspecified atom stereocenters. The first-order valence-electron chi connectivity index (χ1n) is 6.81. The molecule has 0 spiro atoms. The highest BCUT2D eigenvalue weighted by Crippen LogP contribution is 2.21. The highest BCUT2D eigenvalue weighted by atomic mass is 32.1. The van der Waals surface area contributed by atoms with Gasteiger partial charge in [0.2, 0.25) is 17.6 Å². The van der Waals surface area contributed by atoms with E-state index in [-0.39, 0.29) is 11.9 Å². The number of piperazine rings is 1. The molecule has 7 nitrogen and oxygen atoms in total. The molecule has 2 aromatic heterocycles. The van der Waals surface area contributed by atoms with Crippen LogP contribution >= 0.6 is 11.3 Å². The average Bonchev–Trinajstić information content (AvgIpc) is 3.18. The maximum atomic E-state index is 11.9. The van der Waals surface area contributed by atoms with Gasteiger partial charge in [0.05, 0.1) is 11.4 Å². The highest BCUT2D eigenvalue weighted by molar-refractivity contribution is 7.13. The summed E-state index contributed by atoms with van der Waals surface area (Å²) in [5.41, 5.74) is 0. The standard InChI is InChI=1S/C13H17N5O2S/c1-14-13(19)9-7-15-4-5-18(9)8-11-16-12(17-20-11)10-3-2-6-21-10/h2-3,6,9,15H,4-5,7-8H2,1H3,(H,14,19). The SMILES string of the molecule is CNC(=O)C1CNCCN1Cc1nc(-c2cccs2)no1.